The number of hydrogen-bond donors (Lipinski definition) is 0. The lowest BCUT2D eigenvalue weighted by Crippen LogP contribution is -2.21. The molecule has 4 nitrogen and oxygen atoms in total. The van der Waals surface area contributed by atoms with Crippen molar-refractivity contribution in [2.24, 2.45) is 0 Å². The summed E-state index contributed by atoms with van der Waals surface area (Å²) in [6.07, 6.45) is 0. The molecule has 0 saturated heterocycles. The van der Waals surface area contributed by atoms with Crippen molar-refractivity contribution in [1.82, 2.24) is 14.5 Å². The molecule has 2 heterocycles. The van der Waals surface area contributed by atoms with Gasteiger partial charge in [0, 0.05) is 10.6 Å². The van der Waals surface area contributed by atoms with Gasteiger partial charge in [-0.15, -0.1) is 0 Å². The van der Waals surface area contributed by atoms with Gasteiger partial charge in [0.2, 0.25) is 0 Å². The van der Waals surface area contributed by atoms with Gasteiger partial charge in [0.1, 0.15) is 0 Å². The van der Waals surface area contributed by atoms with Gasteiger partial charge in [0.05, 0.1) is 26.1 Å². The Kier molecular flexibility index (Phi) is 4.16. The van der Waals surface area contributed by atoms with Crippen molar-refractivity contribution in [3.05, 3.63) is 87.1 Å². The van der Waals surface area contributed by atoms with E-state index < -0.39 is 0 Å². The minimum atomic E-state index is -0.189. The lowest BCUT2D eigenvalue weighted by atomic mass is 10.2. The molecule has 0 fully saturated rings. The molecule has 7 heteroatoms. The van der Waals surface area contributed by atoms with Gasteiger partial charge < -0.3 is 0 Å². The van der Waals surface area contributed by atoms with Gasteiger partial charge >= 0.3 is 0 Å². The molecule has 0 aliphatic heterocycles. The highest BCUT2D eigenvalue weighted by Gasteiger charge is 2.19. The van der Waals surface area contributed by atoms with Crippen LogP contribution < -0.4 is 5.56 Å². The molecule has 136 valence electrons. The number of aromatic nitrogens is 3. The quantitative estimate of drug-likeness (QED) is 0.351. The second kappa shape index (κ2) is 6.71. The fraction of sp³-hybridized carbons (Fsp3) is 0. The molecule has 0 aliphatic rings. The molecule has 0 radical (unpaired) electrons. The molecule has 0 amide bonds. The molecular formula is C21H11Cl2N3OS. The van der Waals surface area contributed by atoms with Crippen LogP contribution in [0.15, 0.2) is 71.5 Å². The van der Waals surface area contributed by atoms with Crippen molar-refractivity contribution >= 4 is 55.7 Å². The molecule has 0 atom stereocenters. The van der Waals surface area contributed by atoms with Crippen LogP contribution in [-0.2, 0) is 0 Å². The molecule has 28 heavy (non-hydrogen) atoms. The van der Waals surface area contributed by atoms with E-state index in [4.69, 9.17) is 28.2 Å². The first-order valence-corrected chi connectivity index (χ1v) is 10.0. The first-order chi connectivity index (χ1) is 13.6. The van der Waals surface area contributed by atoms with Gasteiger partial charge in [-0.25, -0.2) is 14.5 Å². The number of para-hydroxylation sites is 2. The monoisotopic (exact) mass is 423 g/mol. The maximum Gasteiger partial charge on any atom is 0.268 e. The zero-order valence-electron chi connectivity index (χ0n) is 14.3. The van der Waals surface area contributed by atoms with Crippen LogP contribution in [0.1, 0.15) is 0 Å². The highest BCUT2D eigenvalue weighted by molar-refractivity contribution is 7.20. The van der Waals surface area contributed by atoms with Crippen LogP contribution in [0.5, 0.6) is 0 Å². The SMILES string of the molecule is O=c1c2ccccc2nc(-c2ccc(Cl)cc2Cl)n1-c1nc2ccccc2s1. The predicted molar refractivity (Wildman–Crippen MR) is 116 cm³/mol. The highest BCUT2D eigenvalue weighted by atomic mass is 35.5. The lowest BCUT2D eigenvalue weighted by Gasteiger charge is -2.12. The summed E-state index contributed by atoms with van der Waals surface area (Å²) < 4.78 is 2.52. The smallest absolute Gasteiger partial charge is 0.268 e. The van der Waals surface area contributed by atoms with Crippen LogP contribution in [0.3, 0.4) is 0 Å². The molecule has 3 aromatic carbocycles. The molecular weight excluding hydrogens is 413 g/mol. The first-order valence-electron chi connectivity index (χ1n) is 8.45. The molecule has 2 aromatic heterocycles. The Morgan fingerprint density at radius 3 is 2.39 bits per heavy atom. The van der Waals surface area contributed by atoms with E-state index in [2.05, 4.69) is 4.98 Å². The first kappa shape index (κ1) is 17.4. The Labute approximate surface area is 173 Å². The molecule has 0 aliphatic carbocycles. The minimum Gasteiger partial charge on any atom is -0.268 e. The highest BCUT2D eigenvalue weighted by Crippen LogP contribution is 2.32. The summed E-state index contributed by atoms with van der Waals surface area (Å²) in [7, 11) is 0. The molecule has 0 unspecified atom stereocenters. The van der Waals surface area contributed by atoms with Crippen molar-refractivity contribution in [2.75, 3.05) is 0 Å². The van der Waals surface area contributed by atoms with Crippen molar-refractivity contribution in [2.45, 2.75) is 0 Å². The molecule has 5 aromatic rings. The Morgan fingerprint density at radius 1 is 0.857 bits per heavy atom. The predicted octanol–water partition coefficient (Wildman–Crippen LogP) is 5.97. The minimum absolute atomic E-state index is 0.189. The van der Waals surface area contributed by atoms with Crippen molar-refractivity contribution in [3.8, 4) is 16.5 Å². The van der Waals surface area contributed by atoms with Crippen LogP contribution in [0.4, 0.5) is 0 Å². The third-order valence-corrected chi connectivity index (χ3v) is 5.99. The molecule has 0 N–H and O–H groups in total. The van der Waals surface area contributed by atoms with E-state index in [-0.39, 0.29) is 5.56 Å². The maximum absolute atomic E-state index is 13.4. The van der Waals surface area contributed by atoms with Crippen LogP contribution in [-0.4, -0.2) is 14.5 Å². The second-order valence-electron chi connectivity index (χ2n) is 6.18. The Hall–Kier alpha value is -2.73. The van der Waals surface area contributed by atoms with Gasteiger partial charge in [0.15, 0.2) is 11.0 Å². The third kappa shape index (κ3) is 2.79. The largest absolute Gasteiger partial charge is 0.268 e. The third-order valence-electron chi connectivity index (χ3n) is 4.42. The zero-order chi connectivity index (χ0) is 19.3. The molecule has 5 rings (SSSR count). The fourth-order valence-corrected chi connectivity index (χ4v) is 4.58. The lowest BCUT2D eigenvalue weighted by molar-refractivity contribution is 0.965. The van der Waals surface area contributed by atoms with E-state index in [1.54, 1.807) is 24.3 Å². The average molecular weight is 424 g/mol. The van der Waals surface area contributed by atoms with Crippen LogP contribution >= 0.6 is 34.5 Å². The molecule has 0 spiro atoms. The number of nitrogens with zero attached hydrogens (tertiary/aromatic N) is 3. The summed E-state index contributed by atoms with van der Waals surface area (Å²) in [5, 5.41) is 2.01. The van der Waals surface area contributed by atoms with Crippen LogP contribution in [0.2, 0.25) is 10.0 Å². The summed E-state index contributed by atoms with van der Waals surface area (Å²) in [5.74, 6) is 0.435. The Bertz CT molecular complexity index is 1390. The van der Waals surface area contributed by atoms with E-state index in [1.807, 2.05) is 42.5 Å². The standard InChI is InChI=1S/C21H11Cl2N3OS/c22-12-9-10-13(15(23)11-12)19-24-16-6-2-1-5-14(16)20(27)26(19)21-25-17-7-3-4-8-18(17)28-21/h1-11H. The van der Waals surface area contributed by atoms with Gasteiger partial charge in [-0.2, -0.15) is 0 Å². The topological polar surface area (TPSA) is 47.8 Å². The number of hydrogen-bond acceptors (Lipinski definition) is 4. The van der Waals surface area contributed by atoms with Crippen LogP contribution in [0.25, 0.3) is 37.6 Å². The van der Waals surface area contributed by atoms with E-state index in [1.165, 1.54) is 15.9 Å². The summed E-state index contributed by atoms with van der Waals surface area (Å²) in [6.45, 7) is 0. The molecule has 0 bridgehead atoms. The maximum atomic E-state index is 13.4. The number of thiazole rings is 1. The second-order valence-corrected chi connectivity index (χ2v) is 8.03. The number of benzene rings is 3. The normalized spacial score (nSPS) is 11.4. The fourth-order valence-electron chi connectivity index (χ4n) is 3.12. The van der Waals surface area contributed by atoms with Gasteiger partial charge in [0.25, 0.3) is 5.56 Å². The number of fused-ring (bicyclic) bond motifs is 2. The molecule has 0 saturated carbocycles. The number of rotatable bonds is 2. The van der Waals surface area contributed by atoms with Gasteiger partial charge in [-0.3, -0.25) is 4.79 Å². The zero-order valence-corrected chi connectivity index (χ0v) is 16.6. The van der Waals surface area contributed by atoms with E-state index in [9.17, 15) is 4.79 Å². The Balaban J connectivity index is 1.90. The summed E-state index contributed by atoms with van der Waals surface area (Å²) in [4.78, 5) is 22.8. The summed E-state index contributed by atoms with van der Waals surface area (Å²) >= 11 is 13.9. The van der Waals surface area contributed by atoms with Gasteiger partial charge in [-0.1, -0.05) is 58.8 Å². The summed E-state index contributed by atoms with van der Waals surface area (Å²) in [5.41, 5.74) is 1.86. The average Bonchev–Trinajstić information content (AvgIpc) is 3.11. The van der Waals surface area contributed by atoms with Crippen molar-refractivity contribution in [3.63, 3.8) is 0 Å². The number of halogens is 2. The van der Waals surface area contributed by atoms with Crippen molar-refractivity contribution < 1.29 is 0 Å². The Morgan fingerprint density at radius 2 is 1.61 bits per heavy atom. The van der Waals surface area contributed by atoms with E-state index in [0.717, 1.165) is 10.2 Å². The van der Waals surface area contributed by atoms with E-state index in [0.29, 0.717) is 37.5 Å². The van der Waals surface area contributed by atoms with Crippen LogP contribution in [0, 0.1) is 0 Å². The van der Waals surface area contributed by atoms with Crippen molar-refractivity contribution in [1.29, 1.82) is 0 Å². The summed E-state index contributed by atoms with van der Waals surface area (Å²) in [6, 6.07) is 20.2. The van der Waals surface area contributed by atoms with Gasteiger partial charge in [-0.05, 0) is 42.5 Å². The van der Waals surface area contributed by atoms with E-state index >= 15 is 0 Å².